The van der Waals surface area contributed by atoms with E-state index < -0.39 is 5.91 Å². The molecule has 0 atom stereocenters. The largest absolute Gasteiger partial charge is 0.340 e. The van der Waals surface area contributed by atoms with Gasteiger partial charge in [0.1, 0.15) is 17.3 Å². The lowest BCUT2D eigenvalue weighted by atomic mass is 10.1. The maximum atomic E-state index is 12.6. The van der Waals surface area contributed by atoms with Gasteiger partial charge in [0.05, 0.1) is 11.6 Å². The average molecular weight is 371 g/mol. The van der Waals surface area contributed by atoms with Gasteiger partial charge >= 0.3 is 0 Å². The minimum atomic E-state index is -0.408. The molecule has 0 fully saturated rings. The molecule has 0 aliphatic carbocycles. The van der Waals surface area contributed by atoms with E-state index >= 15 is 0 Å². The highest BCUT2D eigenvalue weighted by molar-refractivity contribution is 6.04. The molecule has 7 nitrogen and oxygen atoms in total. The smallest absolute Gasteiger partial charge is 0.274 e. The molecule has 1 amide bonds. The molecule has 3 rings (SSSR count). The maximum absolute atomic E-state index is 12.6. The predicted molar refractivity (Wildman–Crippen MR) is 106 cm³/mol. The lowest BCUT2D eigenvalue weighted by Gasteiger charge is -2.10. The Morgan fingerprint density at radius 2 is 1.75 bits per heavy atom. The maximum Gasteiger partial charge on any atom is 0.274 e. The number of Topliss-reactive ketones (excluding diaryl/α,β-unsaturated/α-hetero) is 1. The summed E-state index contributed by atoms with van der Waals surface area (Å²) in [7, 11) is 0. The summed E-state index contributed by atoms with van der Waals surface area (Å²) < 4.78 is 0. The van der Waals surface area contributed by atoms with Crippen molar-refractivity contribution < 1.29 is 9.59 Å². The van der Waals surface area contributed by atoms with Crippen LogP contribution in [0.3, 0.4) is 0 Å². The van der Waals surface area contributed by atoms with Crippen LogP contribution in [0.4, 0.5) is 17.2 Å². The van der Waals surface area contributed by atoms with Crippen molar-refractivity contribution in [3.8, 4) is 6.07 Å². The van der Waals surface area contributed by atoms with Gasteiger partial charge in [0, 0.05) is 23.0 Å². The Kier molecular flexibility index (Phi) is 5.42. The van der Waals surface area contributed by atoms with Crippen LogP contribution in [0.1, 0.15) is 39.2 Å². The third kappa shape index (κ3) is 4.56. The molecule has 0 saturated heterocycles. The standard InChI is InChI=1S/C21H17N5O2/c1-13(27)16-4-3-5-18(10-16)26-21(28)19-11-20(24-14(2)23-19)25-17-8-6-15(12-22)7-9-17/h3-11H,1-2H3,(H,26,28)(H,23,24,25). The van der Waals surface area contributed by atoms with Gasteiger partial charge in [-0.1, -0.05) is 12.1 Å². The van der Waals surface area contributed by atoms with Crippen molar-refractivity contribution in [1.82, 2.24) is 9.97 Å². The van der Waals surface area contributed by atoms with Crippen molar-refractivity contribution in [3.63, 3.8) is 0 Å². The third-order valence-corrected chi connectivity index (χ3v) is 3.88. The molecule has 1 aromatic heterocycles. The molecular formula is C21H17N5O2. The second-order valence-corrected chi connectivity index (χ2v) is 6.09. The monoisotopic (exact) mass is 371 g/mol. The van der Waals surface area contributed by atoms with Crippen molar-refractivity contribution in [1.29, 1.82) is 5.26 Å². The normalized spacial score (nSPS) is 10.0. The molecule has 0 aliphatic heterocycles. The number of nitrogens with zero attached hydrogens (tertiary/aromatic N) is 3. The number of hydrogen-bond acceptors (Lipinski definition) is 6. The van der Waals surface area contributed by atoms with Gasteiger partial charge in [0.25, 0.3) is 5.91 Å². The highest BCUT2D eigenvalue weighted by Crippen LogP contribution is 2.17. The van der Waals surface area contributed by atoms with E-state index in [1.54, 1.807) is 55.5 Å². The number of benzene rings is 2. The summed E-state index contributed by atoms with van der Waals surface area (Å²) >= 11 is 0. The molecule has 0 saturated carbocycles. The molecule has 2 aromatic carbocycles. The summed E-state index contributed by atoms with van der Waals surface area (Å²) in [4.78, 5) is 32.6. The number of carbonyl (C=O) groups is 2. The van der Waals surface area contributed by atoms with Crippen LogP contribution in [-0.4, -0.2) is 21.7 Å². The van der Waals surface area contributed by atoms with Gasteiger partial charge in [-0.2, -0.15) is 5.26 Å². The van der Waals surface area contributed by atoms with Crippen LogP contribution < -0.4 is 10.6 Å². The molecule has 0 spiro atoms. The van der Waals surface area contributed by atoms with Gasteiger partial charge in [0.15, 0.2) is 5.78 Å². The molecule has 2 N–H and O–H groups in total. The SMILES string of the molecule is CC(=O)c1cccc(NC(=O)c2cc(Nc3ccc(C#N)cc3)nc(C)n2)c1. The molecule has 7 heteroatoms. The van der Waals surface area contributed by atoms with Crippen molar-refractivity contribution in [2.45, 2.75) is 13.8 Å². The van der Waals surface area contributed by atoms with Crippen LogP contribution in [-0.2, 0) is 0 Å². The van der Waals surface area contributed by atoms with Crippen molar-refractivity contribution >= 4 is 28.9 Å². The fraction of sp³-hybridized carbons (Fsp3) is 0.0952. The van der Waals surface area contributed by atoms with Gasteiger partial charge in [-0.25, -0.2) is 9.97 Å². The minimum absolute atomic E-state index is 0.0807. The molecule has 28 heavy (non-hydrogen) atoms. The zero-order valence-corrected chi connectivity index (χ0v) is 15.4. The van der Waals surface area contributed by atoms with E-state index in [4.69, 9.17) is 5.26 Å². The number of nitriles is 1. The number of hydrogen-bond donors (Lipinski definition) is 2. The van der Waals surface area contributed by atoms with Gasteiger partial charge in [-0.15, -0.1) is 0 Å². The number of rotatable bonds is 5. The molecule has 0 unspecified atom stereocenters. The highest BCUT2D eigenvalue weighted by atomic mass is 16.2. The fourth-order valence-electron chi connectivity index (χ4n) is 2.54. The van der Waals surface area contributed by atoms with Gasteiger partial charge in [-0.3, -0.25) is 9.59 Å². The highest BCUT2D eigenvalue weighted by Gasteiger charge is 2.12. The Hall–Kier alpha value is -4.05. The molecule has 138 valence electrons. The van der Waals surface area contributed by atoms with E-state index in [1.165, 1.54) is 13.0 Å². The zero-order chi connectivity index (χ0) is 20.1. The number of aryl methyl sites for hydroxylation is 1. The topological polar surface area (TPSA) is 108 Å². The Balaban J connectivity index is 1.80. The van der Waals surface area contributed by atoms with E-state index in [9.17, 15) is 9.59 Å². The molecule has 0 aliphatic rings. The average Bonchev–Trinajstić information content (AvgIpc) is 2.68. The summed E-state index contributed by atoms with van der Waals surface area (Å²) in [6.45, 7) is 3.16. The van der Waals surface area contributed by atoms with Gasteiger partial charge < -0.3 is 10.6 Å². The second-order valence-electron chi connectivity index (χ2n) is 6.09. The quantitative estimate of drug-likeness (QED) is 0.660. The number of carbonyl (C=O) groups excluding carboxylic acids is 2. The van der Waals surface area contributed by atoms with Crippen molar-refractivity contribution in [2.24, 2.45) is 0 Å². The molecule has 3 aromatic rings. The van der Waals surface area contributed by atoms with Crippen LogP contribution in [0.5, 0.6) is 0 Å². The van der Waals surface area contributed by atoms with Crippen molar-refractivity contribution in [3.05, 3.63) is 77.2 Å². The first-order valence-electron chi connectivity index (χ1n) is 8.50. The molecule has 0 radical (unpaired) electrons. The van der Waals surface area contributed by atoms with Crippen LogP contribution >= 0.6 is 0 Å². The lowest BCUT2D eigenvalue weighted by molar-refractivity contribution is 0.100. The summed E-state index contributed by atoms with van der Waals surface area (Å²) in [5.41, 5.74) is 2.50. The van der Waals surface area contributed by atoms with Crippen LogP contribution in [0.25, 0.3) is 0 Å². The predicted octanol–water partition coefficient (Wildman–Crippen LogP) is 3.86. The van der Waals surface area contributed by atoms with E-state index in [0.29, 0.717) is 28.5 Å². The summed E-state index contributed by atoms with van der Waals surface area (Å²) in [6.07, 6.45) is 0. The Bertz CT molecular complexity index is 1080. The zero-order valence-electron chi connectivity index (χ0n) is 15.4. The molecular weight excluding hydrogens is 354 g/mol. The van der Waals surface area contributed by atoms with Crippen LogP contribution in [0, 0.1) is 18.3 Å². The van der Waals surface area contributed by atoms with E-state index in [1.807, 2.05) is 0 Å². The number of nitrogens with one attached hydrogen (secondary N) is 2. The van der Waals surface area contributed by atoms with Crippen LogP contribution in [0.2, 0.25) is 0 Å². The Morgan fingerprint density at radius 3 is 2.43 bits per heavy atom. The lowest BCUT2D eigenvalue weighted by Crippen LogP contribution is -2.15. The second kappa shape index (κ2) is 8.10. The van der Waals surface area contributed by atoms with Gasteiger partial charge in [-0.05, 0) is 50.2 Å². The summed E-state index contributed by atoms with van der Waals surface area (Å²) in [6, 6.07) is 17.2. The number of anilines is 3. The van der Waals surface area contributed by atoms with E-state index in [-0.39, 0.29) is 11.5 Å². The first kappa shape index (κ1) is 18.7. The Morgan fingerprint density at radius 1 is 1.00 bits per heavy atom. The number of amides is 1. The number of aromatic nitrogens is 2. The fourth-order valence-corrected chi connectivity index (χ4v) is 2.54. The summed E-state index contributed by atoms with van der Waals surface area (Å²) in [5, 5.41) is 14.7. The third-order valence-electron chi connectivity index (χ3n) is 3.88. The number of ketones is 1. The Labute approximate surface area is 162 Å². The first-order valence-corrected chi connectivity index (χ1v) is 8.50. The van der Waals surface area contributed by atoms with E-state index in [2.05, 4.69) is 26.7 Å². The minimum Gasteiger partial charge on any atom is -0.340 e. The van der Waals surface area contributed by atoms with E-state index in [0.717, 1.165) is 5.69 Å². The van der Waals surface area contributed by atoms with Gasteiger partial charge in [0.2, 0.25) is 0 Å². The molecule has 1 heterocycles. The molecule has 0 bridgehead atoms. The van der Waals surface area contributed by atoms with Crippen molar-refractivity contribution in [2.75, 3.05) is 10.6 Å². The first-order chi connectivity index (χ1) is 13.4. The summed E-state index contributed by atoms with van der Waals surface area (Å²) in [5.74, 6) is 0.401. The van der Waals surface area contributed by atoms with Crippen LogP contribution in [0.15, 0.2) is 54.6 Å².